The zero-order valence-corrected chi connectivity index (χ0v) is 20.5. The molecule has 2 aliphatic heterocycles. The lowest BCUT2D eigenvalue weighted by Gasteiger charge is -2.31. The smallest absolute Gasteiger partial charge is 0.227 e. The molecule has 3 aromatic rings. The first-order valence-corrected chi connectivity index (χ1v) is 13.7. The minimum Gasteiger partial charge on any atom is -0.341 e. The highest BCUT2D eigenvalue weighted by Crippen LogP contribution is 2.27. The van der Waals surface area contributed by atoms with Crippen molar-refractivity contribution in [1.82, 2.24) is 24.4 Å². The molecule has 2 aromatic heterocycles. The Morgan fingerprint density at radius 2 is 1.85 bits per heavy atom. The van der Waals surface area contributed by atoms with Gasteiger partial charge in [-0.3, -0.25) is 0 Å². The predicted octanol–water partition coefficient (Wildman–Crippen LogP) is 2.87. The van der Waals surface area contributed by atoms with Gasteiger partial charge in [-0.1, -0.05) is 24.2 Å². The van der Waals surface area contributed by atoms with Crippen LogP contribution in [0.5, 0.6) is 0 Å². The predicted molar refractivity (Wildman–Crippen MR) is 129 cm³/mol. The van der Waals surface area contributed by atoms with Crippen molar-refractivity contribution in [3.8, 4) is 11.4 Å². The molecule has 0 spiro atoms. The topological polar surface area (TPSA) is 105 Å². The second kappa shape index (κ2) is 9.42. The first-order valence-electron chi connectivity index (χ1n) is 11.8. The van der Waals surface area contributed by atoms with E-state index in [1.807, 2.05) is 24.5 Å². The summed E-state index contributed by atoms with van der Waals surface area (Å²) in [6.45, 7) is 4.86. The Hall–Kier alpha value is -2.85. The molecule has 2 aliphatic rings. The van der Waals surface area contributed by atoms with Crippen molar-refractivity contribution in [2.45, 2.75) is 45.6 Å². The molecule has 0 radical (unpaired) electrons. The van der Waals surface area contributed by atoms with Crippen LogP contribution in [0.15, 0.2) is 35.1 Å². The number of piperidine rings is 1. The first kappa shape index (κ1) is 22.9. The maximum atomic E-state index is 11.8. The molecule has 34 heavy (non-hydrogen) atoms. The number of hydrogen-bond acceptors (Lipinski definition) is 8. The number of sulfonamides is 1. The summed E-state index contributed by atoms with van der Waals surface area (Å²) in [6, 6.07) is 5.98. The van der Waals surface area contributed by atoms with Crippen LogP contribution in [-0.4, -0.2) is 58.7 Å². The van der Waals surface area contributed by atoms with Crippen molar-refractivity contribution in [3.63, 3.8) is 0 Å². The molecule has 0 aliphatic carbocycles. The summed E-state index contributed by atoms with van der Waals surface area (Å²) in [7, 11) is -3.18. The molecule has 1 fully saturated rings. The summed E-state index contributed by atoms with van der Waals surface area (Å²) < 4.78 is 30.8. The van der Waals surface area contributed by atoms with Crippen molar-refractivity contribution in [2.75, 3.05) is 30.8 Å². The summed E-state index contributed by atoms with van der Waals surface area (Å²) in [5.41, 5.74) is 4.24. The number of fused-ring (bicyclic) bond motifs is 1. The number of aryl methyl sites for hydroxylation is 1. The van der Waals surface area contributed by atoms with E-state index in [-0.39, 0.29) is 0 Å². The highest BCUT2D eigenvalue weighted by atomic mass is 32.2. The van der Waals surface area contributed by atoms with Crippen LogP contribution in [0.2, 0.25) is 0 Å². The van der Waals surface area contributed by atoms with E-state index >= 15 is 0 Å². The first-order chi connectivity index (χ1) is 16.4. The Balaban J connectivity index is 1.19. The molecule has 10 heteroatoms. The van der Waals surface area contributed by atoms with E-state index in [9.17, 15) is 8.42 Å². The molecule has 0 amide bonds. The number of aromatic nitrogens is 4. The van der Waals surface area contributed by atoms with Gasteiger partial charge in [0.25, 0.3) is 0 Å². The maximum Gasteiger partial charge on any atom is 0.227 e. The van der Waals surface area contributed by atoms with E-state index in [1.54, 1.807) is 0 Å². The minimum absolute atomic E-state index is 0.415. The van der Waals surface area contributed by atoms with Crippen LogP contribution in [0, 0.1) is 5.92 Å². The molecule has 0 bridgehead atoms. The minimum atomic E-state index is -3.18. The van der Waals surface area contributed by atoms with Gasteiger partial charge >= 0.3 is 0 Å². The number of benzene rings is 1. The Kier molecular flexibility index (Phi) is 6.35. The van der Waals surface area contributed by atoms with Gasteiger partial charge in [0, 0.05) is 50.6 Å². The number of rotatable bonds is 6. The molecule has 1 aromatic carbocycles. The fourth-order valence-corrected chi connectivity index (χ4v) is 5.48. The standard InChI is InChI=1S/C24H30N6O3S/c1-3-17-14-25-24(26-15-17)29-9-6-18(7-10-29)12-22-27-23(28-33-22)20-4-5-21-16-30(34(2,31)32)11-8-19(21)13-20/h4-5,13-15,18H,3,6-12,16H2,1-2H3. The van der Waals surface area contributed by atoms with Crippen molar-refractivity contribution < 1.29 is 12.9 Å². The van der Waals surface area contributed by atoms with Gasteiger partial charge in [0.15, 0.2) is 0 Å². The highest BCUT2D eigenvalue weighted by Gasteiger charge is 2.25. The fraction of sp³-hybridized carbons (Fsp3) is 0.500. The van der Waals surface area contributed by atoms with Crippen LogP contribution in [0.1, 0.15) is 42.3 Å². The summed E-state index contributed by atoms with van der Waals surface area (Å²) in [5, 5.41) is 4.21. The van der Waals surface area contributed by atoms with Gasteiger partial charge in [0.05, 0.1) is 6.26 Å². The molecule has 9 nitrogen and oxygen atoms in total. The molecule has 0 saturated carbocycles. The van der Waals surface area contributed by atoms with Gasteiger partial charge in [0.1, 0.15) is 0 Å². The largest absolute Gasteiger partial charge is 0.341 e. The Morgan fingerprint density at radius 3 is 2.56 bits per heavy atom. The zero-order chi connectivity index (χ0) is 23.7. The van der Waals surface area contributed by atoms with Crippen molar-refractivity contribution in [3.05, 3.63) is 53.2 Å². The zero-order valence-electron chi connectivity index (χ0n) is 19.6. The van der Waals surface area contributed by atoms with E-state index in [0.29, 0.717) is 37.1 Å². The van der Waals surface area contributed by atoms with Crippen LogP contribution in [-0.2, 0) is 35.8 Å². The molecule has 180 valence electrons. The number of anilines is 1. The molecule has 1 saturated heterocycles. The van der Waals surface area contributed by atoms with Crippen LogP contribution in [0.25, 0.3) is 11.4 Å². The quantitative estimate of drug-likeness (QED) is 0.528. The third-order valence-electron chi connectivity index (χ3n) is 6.84. The Bertz CT molecular complexity index is 1250. The lowest BCUT2D eigenvalue weighted by atomic mass is 9.93. The average molecular weight is 483 g/mol. The number of hydrogen-bond donors (Lipinski definition) is 0. The van der Waals surface area contributed by atoms with Crippen LogP contribution >= 0.6 is 0 Å². The van der Waals surface area contributed by atoms with E-state index in [2.05, 4.69) is 38.0 Å². The molecular formula is C24H30N6O3S. The van der Waals surface area contributed by atoms with E-state index < -0.39 is 10.0 Å². The lowest BCUT2D eigenvalue weighted by molar-refractivity contribution is 0.324. The van der Waals surface area contributed by atoms with Gasteiger partial charge in [-0.2, -0.15) is 9.29 Å². The van der Waals surface area contributed by atoms with Gasteiger partial charge in [0.2, 0.25) is 27.7 Å². The van der Waals surface area contributed by atoms with Crippen molar-refractivity contribution >= 4 is 16.0 Å². The Morgan fingerprint density at radius 1 is 1.09 bits per heavy atom. The van der Waals surface area contributed by atoms with Gasteiger partial charge in [-0.25, -0.2) is 18.4 Å². The molecule has 0 unspecified atom stereocenters. The van der Waals surface area contributed by atoms with E-state index in [4.69, 9.17) is 4.52 Å². The molecule has 0 atom stereocenters. The fourth-order valence-electron chi connectivity index (χ4n) is 4.68. The second-order valence-electron chi connectivity index (χ2n) is 9.22. The third kappa shape index (κ3) is 4.97. The summed E-state index contributed by atoms with van der Waals surface area (Å²) in [4.78, 5) is 15.9. The lowest BCUT2D eigenvalue weighted by Crippen LogP contribution is -2.35. The summed E-state index contributed by atoms with van der Waals surface area (Å²) in [6.07, 6.45) is 9.55. The van der Waals surface area contributed by atoms with Gasteiger partial charge in [-0.05, 0) is 54.4 Å². The number of nitrogens with zero attached hydrogens (tertiary/aromatic N) is 6. The summed E-state index contributed by atoms with van der Waals surface area (Å²) in [5.74, 6) is 2.55. The normalized spacial score (nSPS) is 17.6. The SMILES string of the molecule is CCc1cnc(N2CCC(Cc3nc(-c4ccc5c(c4)CCN(S(C)(=O)=O)C5)no3)CC2)nc1. The molecule has 0 N–H and O–H groups in total. The van der Waals surface area contributed by atoms with Crippen LogP contribution in [0.4, 0.5) is 5.95 Å². The van der Waals surface area contributed by atoms with Crippen LogP contribution < -0.4 is 4.90 Å². The van der Waals surface area contributed by atoms with E-state index in [1.165, 1.54) is 10.6 Å². The second-order valence-corrected chi connectivity index (χ2v) is 11.2. The summed E-state index contributed by atoms with van der Waals surface area (Å²) >= 11 is 0. The van der Waals surface area contributed by atoms with Gasteiger partial charge < -0.3 is 9.42 Å². The Labute approximate surface area is 200 Å². The molecular weight excluding hydrogens is 452 g/mol. The average Bonchev–Trinajstić information content (AvgIpc) is 3.32. The van der Waals surface area contributed by atoms with Crippen LogP contribution in [0.3, 0.4) is 0 Å². The molecule has 5 rings (SSSR count). The molecule has 4 heterocycles. The maximum absolute atomic E-state index is 11.8. The van der Waals surface area contributed by atoms with Gasteiger partial charge in [-0.15, -0.1) is 0 Å². The monoisotopic (exact) mass is 482 g/mol. The van der Waals surface area contributed by atoms with Crippen molar-refractivity contribution in [2.24, 2.45) is 5.92 Å². The third-order valence-corrected chi connectivity index (χ3v) is 8.09. The highest BCUT2D eigenvalue weighted by molar-refractivity contribution is 7.88. The van der Waals surface area contributed by atoms with Crippen molar-refractivity contribution in [1.29, 1.82) is 0 Å². The van der Waals surface area contributed by atoms with E-state index in [0.717, 1.165) is 67.0 Å².